The Morgan fingerprint density at radius 2 is 2.32 bits per heavy atom. The zero-order valence-corrected chi connectivity index (χ0v) is 13.6. The van der Waals surface area contributed by atoms with Crippen molar-refractivity contribution < 1.29 is 4.74 Å². The molecule has 1 N–H and O–H groups in total. The van der Waals surface area contributed by atoms with Gasteiger partial charge in [-0.2, -0.15) is 0 Å². The number of ether oxygens (including phenoxy) is 1. The van der Waals surface area contributed by atoms with Gasteiger partial charge >= 0.3 is 0 Å². The molecule has 0 bridgehead atoms. The van der Waals surface area contributed by atoms with Crippen LogP contribution in [0.2, 0.25) is 4.34 Å². The van der Waals surface area contributed by atoms with Crippen LogP contribution < -0.4 is 5.32 Å². The number of aryl methyl sites for hydroxylation is 1. The van der Waals surface area contributed by atoms with E-state index >= 15 is 0 Å². The van der Waals surface area contributed by atoms with E-state index in [2.05, 4.69) is 32.2 Å². The second kappa shape index (κ2) is 7.07. The zero-order chi connectivity index (χ0) is 13.8. The molecular formula is C15H24ClNOS. The third kappa shape index (κ3) is 3.94. The van der Waals surface area contributed by atoms with Crippen molar-refractivity contribution in [1.29, 1.82) is 0 Å². The number of rotatable bonds is 6. The molecule has 0 fully saturated rings. The highest BCUT2D eigenvalue weighted by atomic mass is 35.5. The van der Waals surface area contributed by atoms with Crippen LogP contribution >= 0.6 is 22.9 Å². The molecule has 0 saturated heterocycles. The predicted octanol–water partition coefficient (Wildman–Crippen LogP) is 4.43. The van der Waals surface area contributed by atoms with Gasteiger partial charge in [-0.05, 0) is 43.7 Å². The lowest BCUT2D eigenvalue weighted by atomic mass is 9.92. The van der Waals surface area contributed by atoms with Crippen molar-refractivity contribution in [3.05, 3.63) is 20.8 Å². The largest absolute Gasteiger partial charge is 0.380 e. The normalized spacial score (nSPS) is 20.6. The van der Waals surface area contributed by atoms with Gasteiger partial charge < -0.3 is 10.1 Å². The van der Waals surface area contributed by atoms with Gasteiger partial charge in [-0.1, -0.05) is 25.4 Å². The molecule has 1 aromatic heterocycles. The van der Waals surface area contributed by atoms with E-state index in [0.29, 0.717) is 18.0 Å². The van der Waals surface area contributed by atoms with Gasteiger partial charge in [0.1, 0.15) is 0 Å². The lowest BCUT2D eigenvalue weighted by Gasteiger charge is -2.30. The standard InChI is InChI=1S/C15H24ClNOS/c1-4-18-9-13(10(2)3)17-12-6-5-7-14-11(12)8-15(16)19-14/h8,10,12-13,17H,4-7,9H2,1-3H3. The molecule has 1 aromatic rings. The second-order valence-corrected chi connectivity index (χ2v) is 7.32. The van der Waals surface area contributed by atoms with Crippen LogP contribution in [0.1, 0.15) is 50.1 Å². The van der Waals surface area contributed by atoms with E-state index in [1.807, 2.05) is 0 Å². The van der Waals surface area contributed by atoms with Crippen LogP contribution in [-0.2, 0) is 11.2 Å². The van der Waals surface area contributed by atoms with Crippen molar-refractivity contribution in [3.8, 4) is 0 Å². The number of halogens is 1. The predicted molar refractivity (Wildman–Crippen MR) is 83.3 cm³/mol. The lowest BCUT2D eigenvalue weighted by molar-refractivity contribution is 0.102. The molecule has 2 unspecified atom stereocenters. The summed E-state index contributed by atoms with van der Waals surface area (Å²) in [7, 11) is 0. The SMILES string of the molecule is CCOCC(NC1CCCc2sc(Cl)cc21)C(C)C. The Balaban J connectivity index is 2.05. The fraction of sp³-hybridized carbons (Fsp3) is 0.733. The highest BCUT2D eigenvalue weighted by Gasteiger charge is 2.26. The smallest absolute Gasteiger partial charge is 0.0934 e. The maximum atomic E-state index is 6.16. The van der Waals surface area contributed by atoms with Crippen LogP contribution in [0.25, 0.3) is 0 Å². The molecule has 4 heteroatoms. The minimum Gasteiger partial charge on any atom is -0.380 e. The van der Waals surface area contributed by atoms with Gasteiger partial charge in [0.05, 0.1) is 10.9 Å². The molecule has 1 heterocycles. The molecule has 0 radical (unpaired) electrons. The molecular weight excluding hydrogens is 278 g/mol. The fourth-order valence-electron chi connectivity index (χ4n) is 2.63. The van der Waals surface area contributed by atoms with Crippen molar-refractivity contribution >= 4 is 22.9 Å². The monoisotopic (exact) mass is 301 g/mol. The number of thiophene rings is 1. The molecule has 1 aliphatic rings. The van der Waals surface area contributed by atoms with E-state index in [4.69, 9.17) is 16.3 Å². The molecule has 2 atom stereocenters. The van der Waals surface area contributed by atoms with Gasteiger partial charge in [0.2, 0.25) is 0 Å². The molecule has 2 nitrogen and oxygen atoms in total. The summed E-state index contributed by atoms with van der Waals surface area (Å²) in [6.45, 7) is 8.12. The number of hydrogen-bond acceptors (Lipinski definition) is 3. The van der Waals surface area contributed by atoms with Crippen LogP contribution in [0.15, 0.2) is 6.07 Å². The van der Waals surface area contributed by atoms with Gasteiger partial charge in [-0.15, -0.1) is 11.3 Å². The highest BCUT2D eigenvalue weighted by Crippen LogP contribution is 2.38. The maximum Gasteiger partial charge on any atom is 0.0934 e. The summed E-state index contributed by atoms with van der Waals surface area (Å²) in [4.78, 5) is 1.47. The molecule has 2 rings (SSSR count). The van der Waals surface area contributed by atoms with E-state index in [9.17, 15) is 0 Å². The summed E-state index contributed by atoms with van der Waals surface area (Å²) in [5, 5.41) is 3.78. The van der Waals surface area contributed by atoms with Crippen LogP contribution in [0, 0.1) is 5.92 Å². The van der Waals surface area contributed by atoms with Gasteiger partial charge in [0, 0.05) is 23.6 Å². The minimum absolute atomic E-state index is 0.412. The van der Waals surface area contributed by atoms with Crippen molar-refractivity contribution in [2.24, 2.45) is 5.92 Å². The van der Waals surface area contributed by atoms with E-state index in [1.54, 1.807) is 11.3 Å². The first kappa shape index (κ1) is 15.3. The third-order valence-corrected chi connectivity index (χ3v) is 5.14. The summed E-state index contributed by atoms with van der Waals surface area (Å²) in [5.41, 5.74) is 1.42. The number of fused-ring (bicyclic) bond motifs is 1. The lowest BCUT2D eigenvalue weighted by Crippen LogP contribution is -2.41. The molecule has 0 saturated carbocycles. The van der Waals surface area contributed by atoms with E-state index in [1.165, 1.54) is 29.7 Å². The van der Waals surface area contributed by atoms with Crippen molar-refractivity contribution in [1.82, 2.24) is 5.32 Å². The first-order valence-electron chi connectivity index (χ1n) is 7.23. The highest BCUT2D eigenvalue weighted by molar-refractivity contribution is 7.16. The van der Waals surface area contributed by atoms with Crippen LogP contribution in [0.4, 0.5) is 0 Å². The number of hydrogen-bond donors (Lipinski definition) is 1. The second-order valence-electron chi connectivity index (χ2n) is 5.55. The average molecular weight is 302 g/mol. The summed E-state index contributed by atoms with van der Waals surface area (Å²) < 4.78 is 6.53. The number of nitrogens with one attached hydrogen (secondary N) is 1. The Bertz CT molecular complexity index is 405. The van der Waals surface area contributed by atoms with Gasteiger partial charge in [0.25, 0.3) is 0 Å². The Morgan fingerprint density at radius 1 is 1.53 bits per heavy atom. The molecule has 19 heavy (non-hydrogen) atoms. The fourth-order valence-corrected chi connectivity index (χ4v) is 4.01. The molecule has 108 valence electrons. The maximum absolute atomic E-state index is 6.16. The van der Waals surface area contributed by atoms with Crippen LogP contribution in [0.3, 0.4) is 0 Å². The van der Waals surface area contributed by atoms with Gasteiger partial charge in [-0.3, -0.25) is 0 Å². The minimum atomic E-state index is 0.412. The Labute approximate surface area is 125 Å². The van der Waals surface area contributed by atoms with Gasteiger partial charge in [0.15, 0.2) is 0 Å². The van der Waals surface area contributed by atoms with E-state index in [0.717, 1.165) is 17.6 Å². The van der Waals surface area contributed by atoms with E-state index < -0.39 is 0 Å². The van der Waals surface area contributed by atoms with Crippen molar-refractivity contribution in [2.45, 2.75) is 52.1 Å². The van der Waals surface area contributed by atoms with Crippen LogP contribution in [-0.4, -0.2) is 19.3 Å². The van der Waals surface area contributed by atoms with Crippen molar-refractivity contribution in [3.63, 3.8) is 0 Å². The third-order valence-electron chi connectivity index (χ3n) is 3.81. The molecule has 0 aromatic carbocycles. The molecule has 1 aliphatic carbocycles. The van der Waals surface area contributed by atoms with Gasteiger partial charge in [-0.25, -0.2) is 0 Å². The Morgan fingerprint density at radius 3 is 3.00 bits per heavy atom. The average Bonchev–Trinajstić information content (AvgIpc) is 2.75. The molecule has 0 amide bonds. The molecule has 0 aliphatic heterocycles. The first-order chi connectivity index (χ1) is 9.11. The first-order valence-corrected chi connectivity index (χ1v) is 8.43. The molecule has 0 spiro atoms. The van der Waals surface area contributed by atoms with Crippen molar-refractivity contribution in [2.75, 3.05) is 13.2 Å². The zero-order valence-electron chi connectivity index (χ0n) is 12.0. The summed E-state index contributed by atoms with van der Waals surface area (Å²) >= 11 is 7.91. The Kier molecular flexibility index (Phi) is 5.70. The quantitative estimate of drug-likeness (QED) is 0.839. The summed E-state index contributed by atoms with van der Waals surface area (Å²) in [6.07, 6.45) is 3.64. The Hall–Kier alpha value is -0.0900. The van der Waals surface area contributed by atoms with E-state index in [-0.39, 0.29) is 0 Å². The summed E-state index contributed by atoms with van der Waals surface area (Å²) in [5.74, 6) is 0.575. The summed E-state index contributed by atoms with van der Waals surface area (Å²) in [6, 6.07) is 3.01. The van der Waals surface area contributed by atoms with Crippen LogP contribution in [0.5, 0.6) is 0 Å². The topological polar surface area (TPSA) is 21.3 Å².